The molecule has 0 radical (unpaired) electrons. The molecule has 0 N–H and O–H groups in total. The Balaban J connectivity index is 1.90. The van der Waals surface area contributed by atoms with E-state index in [0.29, 0.717) is 43.5 Å². The third-order valence-corrected chi connectivity index (χ3v) is 4.64. The van der Waals surface area contributed by atoms with E-state index in [1.165, 1.54) is 11.3 Å². The van der Waals surface area contributed by atoms with E-state index >= 15 is 0 Å². The van der Waals surface area contributed by atoms with Crippen LogP contribution in [0.4, 0.5) is 10.7 Å². The van der Waals surface area contributed by atoms with Crippen molar-refractivity contribution in [1.29, 1.82) is 0 Å². The molecule has 2 heterocycles. The van der Waals surface area contributed by atoms with Crippen LogP contribution in [0.3, 0.4) is 0 Å². The van der Waals surface area contributed by atoms with Gasteiger partial charge in [0.2, 0.25) is 5.91 Å². The van der Waals surface area contributed by atoms with Crippen molar-refractivity contribution in [3.8, 4) is 0 Å². The number of hydrogen-bond donors (Lipinski definition) is 0. The van der Waals surface area contributed by atoms with Crippen molar-refractivity contribution in [2.75, 3.05) is 31.1 Å². The zero-order valence-electron chi connectivity index (χ0n) is 12.4. The Labute approximate surface area is 128 Å². The molecule has 0 aromatic carbocycles. The van der Waals surface area contributed by atoms with Crippen molar-refractivity contribution in [3.63, 3.8) is 0 Å². The van der Waals surface area contributed by atoms with Gasteiger partial charge in [-0.3, -0.25) is 14.9 Å². The molecule has 1 saturated heterocycles. The Hall–Kier alpha value is -1.63. The lowest BCUT2D eigenvalue weighted by molar-refractivity contribution is -0.383. The van der Waals surface area contributed by atoms with Gasteiger partial charge in [-0.1, -0.05) is 13.8 Å². The second kappa shape index (κ2) is 6.89. The average Bonchev–Trinajstić information content (AvgIpc) is 2.94. The van der Waals surface area contributed by atoms with Gasteiger partial charge in [0.25, 0.3) is 0 Å². The highest BCUT2D eigenvalue weighted by Gasteiger charge is 2.26. The van der Waals surface area contributed by atoms with Crippen molar-refractivity contribution < 1.29 is 9.72 Å². The van der Waals surface area contributed by atoms with E-state index in [1.807, 2.05) is 9.80 Å². The molecule has 0 spiro atoms. The van der Waals surface area contributed by atoms with Crippen molar-refractivity contribution in [2.24, 2.45) is 5.92 Å². The molecular weight excluding hydrogens is 290 g/mol. The van der Waals surface area contributed by atoms with Gasteiger partial charge in [0.05, 0.1) is 4.92 Å². The lowest BCUT2D eigenvalue weighted by Crippen LogP contribution is -2.48. The number of anilines is 1. The van der Waals surface area contributed by atoms with Crippen LogP contribution < -0.4 is 4.90 Å². The third-order valence-electron chi connectivity index (χ3n) is 3.68. The first-order valence-corrected chi connectivity index (χ1v) is 8.11. The molecule has 0 atom stereocenters. The summed E-state index contributed by atoms with van der Waals surface area (Å²) in [5.41, 5.74) is 0.166. The van der Waals surface area contributed by atoms with Crippen LogP contribution in [0.5, 0.6) is 0 Å². The number of amides is 1. The molecule has 116 valence electrons. The fraction of sp³-hybridized carbons (Fsp3) is 0.643. The smallest absolute Gasteiger partial charge is 0.303 e. The van der Waals surface area contributed by atoms with E-state index in [1.54, 1.807) is 11.4 Å². The molecule has 1 aliphatic rings. The molecule has 2 rings (SSSR count). The van der Waals surface area contributed by atoms with Crippen LogP contribution in [0.2, 0.25) is 0 Å². The minimum Gasteiger partial charge on any atom is -0.354 e. The Morgan fingerprint density at radius 1 is 1.38 bits per heavy atom. The fourth-order valence-corrected chi connectivity index (χ4v) is 3.32. The first-order valence-electron chi connectivity index (χ1n) is 7.23. The SMILES string of the molecule is CC(C)CCC(=O)N1CCN(c2sccc2[N+](=O)[O-])CC1. The predicted octanol–water partition coefficient (Wildman–Crippen LogP) is 2.74. The third kappa shape index (κ3) is 3.93. The minimum absolute atomic E-state index is 0.166. The largest absolute Gasteiger partial charge is 0.354 e. The number of hydrogen-bond acceptors (Lipinski definition) is 5. The summed E-state index contributed by atoms with van der Waals surface area (Å²) in [5.74, 6) is 0.730. The van der Waals surface area contributed by atoms with E-state index in [2.05, 4.69) is 13.8 Å². The van der Waals surface area contributed by atoms with Crippen molar-refractivity contribution >= 4 is 27.9 Å². The summed E-state index contributed by atoms with van der Waals surface area (Å²) in [6, 6.07) is 1.54. The van der Waals surface area contributed by atoms with Crippen LogP contribution in [-0.2, 0) is 4.79 Å². The van der Waals surface area contributed by atoms with Gasteiger partial charge in [-0.05, 0) is 17.7 Å². The maximum absolute atomic E-state index is 12.1. The summed E-state index contributed by atoms with van der Waals surface area (Å²) < 4.78 is 0. The number of nitro groups is 1. The zero-order valence-corrected chi connectivity index (χ0v) is 13.3. The molecule has 0 bridgehead atoms. The zero-order chi connectivity index (χ0) is 15.4. The molecule has 7 heteroatoms. The standard InChI is InChI=1S/C14H21N3O3S/c1-11(2)3-4-13(18)15-6-8-16(9-7-15)14-12(17(19)20)5-10-21-14/h5,10-11H,3-4,6-9H2,1-2H3. The van der Waals surface area contributed by atoms with Gasteiger partial charge in [-0.25, -0.2) is 0 Å². The number of nitrogens with zero attached hydrogens (tertiary/aromatic N) is 3. The van der Waals surface area contributed by atoms with Gasteiger partial charge in [-0.15, -0.1) is 11.3 Å². The summed E-state index contributed by atoms with van der Waals surface area (Å²) in [4.78, 5) is 26.6. The first kappa shape index (κ1) is 15.8. The Morgan fingerprint density at radius 3 is 2.62 bits per heavy atom. The lowest BCUT2D eigenvalue weighted by Gasteiger charge is -2.35. The van der Waals surface area contributed by atoms with E-state index < -0.39 is 0 Å². The van der Waals surface area contributed by atoms with Crippen molar-refractivity contribution in [2.45, 2.75) is 26.7 Å². The Kier molecular flexibility index (Phi) is 5.17. The molecule has 1 fully saturated rings. The Bertz CT molecular complexity index is 507. The van der Waals surface area contributed by atoms with E-state index in [9.17, 15) is 14.9 Å². The van der Waals surface area contributed by atoms with Crippen molar-refractivity contribution in [1.82, 2.24) is 4.90 Å². The van der Waals surface area contributed by atoms with E-state index in [-0.39, 0.29) is 16.5 Å². The molecule has 1 aromatic heterocycles. The normalized spacial score (nSPS) is 15.6. The highest BCUT2D eigenvalue weighted by atomic mass is 32.1. The molecule has 1 amide bonds. The molecule has 0 aliphatic carbocycles. The van der Waals surface area contributed by atoms with Gasteiger partial charge in [0.15, 0.2) is 5.00 Å². The van der Waals surface area contributed by atoms with Crippen molar-refractivity contribution in [3.05, 3.63) is 21.6 Å². The van der Waals surface area contributed by atoms with E-state index in [4.69, 9.17) is 0 Å². The van der Waals surface area contributed by atoms with Gasteiger partial charge < -0.3 is 9.80 Å². The number of rotatable bonds is 5. The number of thiophene rings is 1. The van der Waals surface area contributed by atoms with Gasteiger partial charge in [0.1, 0.15) is 0 Å². The first-order chi connectivity index (χ1) is 9.99. The van der Waals surface area contributed by atoms with Gasteiger partial charge >= 0.3 is 5.69 Å². The quantitative estimate of drug-likeness (QED) is 0.619. The molecule has 0 saturated carbocycles. The number of carbonyl (C=O) groups excluding carboxylic acids is 1. The predicted molar refractivity (Wildman–Crippen MR) is 83.8 cm³/mol. The van der Waals surface area contributed by atoms with Crippen LogP contribution in [-0.4, -0.2) is 41.9 Å². The van der Waals surface area contributed by atoms with Crippen LogP contribution in [0.25, 0.3) is 0 Å². The number of carbonyl (C=O) groups is 1. The highest BCUT2D eigenvalue weighted by Crippen LogP contribution is 2.34. The highest BCUT2D eigenvalue weighted by molar-refractivity contribution is 7.14. The van der Waals surface area contributed by atoms with Gasteiger partial charge in [-0.2, -0.15) is 0 Å². The average molecular weight is 311 g/mol. The van der Waals surface area contributed by atoms with Crippen LogP contribution >= 0.6 is 11.3 Å². The minimum atomic E-state index is -0.341. The summed E-state index contributed by atoms with van der Waals surface area (Å²) >= 11 is 1.39. The molecule has 21 heavy (non-hydrogen) atoms. The number of piperazine rings is 1. The van der Waals surface area contributed by atoms with E-state index in [0.717, 1.165) is 6.42 Å². The second-order valence-corrected chi connectivity index (χ2v) is 6.56. The summed E-state index contributed by atoms with van der Waals surface area (Å²) in [6.45, 7) is 6.84. The van der Waals surface area contributed by atoms with Crippen LogP contribution in [0.15, 0.2) is 11.4 Å². The lowest BCUT2D eigenvalue weighted by atomic mass is 10.1. The fourth-order valence-electron chi connectivity index (χ4n) is 2.40. The summed E-state index contributed by atoms with van der Waals surface area (Å²) in [5, 5.41) is 13.4. The summed E-state index contributed by atoms with van der Waals surface area (Å²) in [6.07, 6.45) is 1.51. The molecular formula is C14H21N3O3S. The maximum atomic E-state index is 12.1. The molecule has 1 aliphatic heterocycles. The summed E-state index contributed by atoms with van der Waals surface area (Å²) in [7, 11) is 0. The topological polar surface area (TPSA) is 66.7 Å². The molecule has 6 nitrogen and oxygen atoms in total. The monoisotopic (exact) mass is 311 g/mol. The molecule has 0 unspecified atom stereocenters. The van der Waals surface area contributed by atoms with Gasteiger partial charge in [0, 0.05) is 38.7 Å². The second-order valence-electron chi connectivity index (χ2n) is 5.67. The molecule has 1 aromatic rings. The van der Waals surface area contributed by atoms with Crippen LogP contribution in [0.1, 0.15) is 26.7 Å². The maximum Gasteiger partial charge on any atom is 0.303 e. The van der Waals surface area contributed by atoms with Crippen LogP contribution in [0, 0.1) is 16.0 Å². The Morgan fingerprint density at radius 2 is 2.05 bits per heavy atom.